The van der Waals surface area contributed by atoms with Crippen molar-refractivity contribution in [2.24, 2.45) is 5.92 Å². The van der Waals surface area contributed by atoms with Gasteiger partial charge in [0.05, 0.1) is 37.0 Å². The maximum absolute atomic E-state index is 14.3. The molecule has 0 spiro atoms. The molecule has 0 unspecified atom stereocenters. The third-order valence-electron chi connectivity index (χ3n) is 6.49. The highest BCUT2D eigenvalue weighted by atomic mass is 35.5. The van der Waals surface area contributed by atoms with Gasteiger partial charge in [-0.15, -0.1) is 0 Å². The Kier molecular flexibility index (Phi) is 7.22. The highest BCUT2D eigenvalue weighted by molar-refractivity contribution is 6.30. The second kappa shape index (κ2) is 10.1. The van der Waals surface area contributed by atoms with E-state index >= 15 is 0 Å². The van der Waals surface area contributed by atoms with Gasteiger partial charge in [-0.05, 0) is 63.6 Å². The van der Waals surface area contributed by atoms with E-state index in [2.05, 4.69) is 5.10 Å². The van der Waals surface area contributed by atoms with Crippen molar-refractivity contribution in [1.29, 1.82) is 0 Å². The lowest BCUT2D eigenvalue weighted by Crippen LogP contribution is -2.40. The number of ether oxygens (including phenoxy) is 2. The van der Waals surface area contributed by atoms with Gasteiger partial charge in [-0.3, -0.25) is 9.48 Å². The molecule has 1 aliphatic heterocycles. The smallest absolute Gasteiger partial charge is 0.410 e. The van der Waals surface area contributed by atoms with E-state index in [1.807, 2.05) is 6.92 Å². The average molecular weight is 478 g/mol. The Bertz CT molecular complexity index is 1030. The van der Waals surface area contributed by atoms with E-state index in [1.165, 1.54) is 6.07 Å². The summed E-state index contributed by atoms with van der Waals surface area (Å²) in [4.78, 5) is 26.5. The summed E-state index contributed by atoms with van der Waals surface area (Å²) in [6.45, 7) is 5.29. The van der Waals surface area contributed by atoms with Gasteiger partial charge in [0.25, 0.3) is 0 Å². The SMILES string of the molecule is CCOC(=O)C1CCC(OC(=O)N2CCc3c(C)nn(Cc4ccc(Cl)cc4F)c3C2)CC1. The van der Waals surface area contributed by atoms with Crippen LogP contribution in [-0.2, 0) is 33.8 Å². The van der Waals surface area contributed by atoms with Crippen LogP contribution in [0.5, 0.6) is 0 Å². The predicted molar refractivity (Wildman–Crippen MR) is 120 cm³/mol. The molecule has 0 N–H and O–H groups in total. The van der Waals surface area contributed by atoms with Crippen molar-refractivity contribution in [1.82, 2.24) is 14.7 Å². The summed E-state index contributed by atoms with van der Waals surface area (Å²) in [5, 5.41) is 4.94. The molecule has 1 aromatic carbocycles. The van der Waals surface area contributed by atoms with Gasteiger partial charge in [0.15, 0.2) is 0 Å². The number of hydrogen-bond acceptors (Lipinski definition) is 5. The molecule has 1 aliphatic carbocycles. The topological polar surface area (TPSA) is 73.7 Å². The van der Waals surface area contributed by atoms with Crippen LogP contribution in [0.3, 0.4) is 0 Å². The van der Waals surface area contributed by atoms with Crippen LogP contribution < -0.4 is 0 Å². The van der Waals surface area contributed by atoms with Crippen molar-refractivity contribution in [3.63, 3.8) is 0 Å². The molecule has 178 valence electrons. The Hall–Kier alpha value is -2.61. The lowest BCUT2D eigenvalue weighted by molar-refractivity contribution is -0.149. The van der Waals surface area contributed by atoms with Crippen LogP contribution in [0.2, 0.25) is 5.02 Å². The Labute approximate surface area is 197 Å². The first-order chi connectivity index (χ1) is 15.9. The monoisotopic (exact) mass is 477 g/mol. The molecule has 0 bridgehead atoms. The standard InChI is InChI=1S/C24H29ClFN3O4/c1-3-32-23(30)16-5-8-19(9-6-16)33-24(31)28-11-10-20-15(2)27-29(22(20)14-28)13-17-4-7-18(25)12-21(17)26/h4,7,12,16,19H,3,5-6,8-11,13-14H2,1-2H3. The zero-order chi connectivity index (χ0) is 23.5. The number of esters is 1. The van der Waals surface area contributed by atoms with Gasteiger partial charge >= 0.3 is 12.1 Å². The Balaban J connectivity index is 1.38. The molecule has 2 heterocycles. The minimum Gasteiger partial charge on any atom is -0.466 e. The van der Waals surface area contributed by atoms with Crippen LogP contribution in [0.15, 0.2) is 18.2 Å². The number of halogens is 2. The number of rotatable bonds is 5. The molecule has 9 heteroatoms. The Morgan fingerprint density at radius 1 is 1.24 bits per heavy atom. The first kappa shape index (κ1) is 23.5. The third-order valence-corrected chi connectivity index (χ3v) is 6.73. The van der Waals surface area contributed by atoms with Gasteiger partial charge in [-0.2, -0.15) is 5.10 Å². The normalized spacial score (nSPS) is 20.3. The lowest BCUT2D eigenvalue weighted by atomic mass is 9.87. The van der Waals surface area contributed by atoms with E-state index < -0.39 is 0 Å². The molecule has 1 amide bonds. The van der Waals surface area contributed by atoms with Crippen molar-refractivity contribution in [2.75, 3.05) is 13.2 Å². The zero-order valence-electron chi connectivity index (χ0n) is 19.0. The lowest BCUT2D eigenvalue weighted by Gasteiger charge is -2.31. The largest absolute Gasteiger partial charge is 0.466 e. The van der Waals surface area contributed by atoms with Crippen LogP contribution in [0.25, 0.3) is 0 Å². The molecule has 1 saturated carbocycles. The second-order valence-corrected chi connectivity index (χ2v) is 9.12. The number of aromatic nitrogens is 2. The van der Waals surface area contributed by atoms with E-state index in [1.54, 1.807) is 28.6 Å². The van der Waals surface area contributed by atoms with Gasteiger partial charge in [0.1, 0.15) is 11.9 Å². The summed E-state index contributed by atoms with van der Waals surface area (Å²) in [6.07, 6.45) is 2.76. The third kappa shape index (κ3) is 5.32. The first-order valence-electron chi connectivity index (χ1n) is 11.5. The van der Waals surface area contributed by atoms with Crippen molar-refractivity contribution in [2.45, 2.75) is 65.1 Å². The molecule has 2 aliphatic rings. The van der Waals surface area contributed by atoms with Gasteiger partial charge in [-0.25, -0.2) is 9.18 Å². The molecule has 33 heavy (non-hydrogen) atoms. The minimum atomic E-state index is -0.380. The van der Waals surface area contributed by atoms with E-state index in [9.17, 15) is 14.0 Å². The molecule has 4 rings (SSSR count). The summed E-state index contributed by atoms with van der Waals surface area (Å²) < 4.78 is 27.0. The molecule has 0 saturated heterocycles. The number of nitrogens with zero attached hydrogens (tertiary/aromatic N) is 3. The van der Waals surface area contributed by atoms with Crippen LogP contribution in [0, 0.1) is 18.7 Å². The molecule has 1 aromatic heterocycles. The van der Waals surface area contributed by atoms with E-state index in [-0.39, 0.29) is 36.4 Å². The number of hydrogen-bond donors (Lipinski definition) is 0. The molecule has 0 atom stereocenters. The maximum Gasteiger partial charge on any atom is 0.410 e. The number of carbonyl (C=O) groups excluding carboxylic acids is 2. The van der Waals surface area contributed by atoms with Gasteiger partial charge < -0.3 is 14.4 Å². The number of carbonyl (C=O) groups is 2. The van der Waals surface area contributed by atoms with Crippen LogP contribution >= 0.6 is 11.6 Å². The van der Waals surface area contributed by atoms with Crippen molar-refractivity contribution < 1.29 is 23.5 Å². The zero-order valence-corrected chi connectivity index (χ0v) is 19.7. The summed E-state index contributed by atoms with van der Waals surface area (Å²) in [5.41, 5.74) is 3.38. The average Bonchev–Trinajstić information content (AvgIpc) is 3.11. The quantitative estimate of drug-likeness (QED) is 0.586. The number of fused-ring (bicyclic) bond motifs is 1. The Morgan fingerprint density at radius 3 is 2.70 bits per heavy atom. The van der Waals surface area contributed by atoms with E-state index in [0.717, 1.165) is 17.0 Å². The van der Waals surface area contributed by atoms with Gasteiger partial charge in [-0.1, -0.05) is 17.7 Å². The summed E-state index contributed by atoms with van der Waals surface area (Å²) in [6, 6.07) is 4.60. The highest BCUT2D eigenvalue weighted by Gasteiger charge is 2.32. The molecule has 1 fully saturated rings. The van der Waals surface area contributed by atoms with Gasteiger partial charge in [0, 0.05) is 17.1 Å². The Morgan fingerprint density at radius 2 is 2.00 bits per heavy atom. The predicted octanol–water partition coefficient (Wildman–Crippen LogP) is 4.65. The fourth-order valence-corrected chi connectivity index (χ4v) is 4.83. The van der Waals surface area contributed by atoms with Crippen molar-refractivity contribution in [3.05, 3.63) is 51.6 Å². The van der Waals surface area contributed by atoms with E-state index in [4.69, 9.17) is 21.1 Å². The summed E-state index contributed by atoms with van der Waals surface area (Å²) >= 11 is 5.87. The minimum absolute atomic E-state index is 0.108. The number of benzene rings is 1. The molecular weight excluding hydrogens is 449 g/mol. The maximum atomic E-state index is 14.3. The molecule has 0 radical (unpaired) electrons. The number of amides is 1. The first-order valence-corrected chi connectivity index (χ1v) is 11.8. The molecule has 7 nitrogen and oxygen atoms in total. The fourth-order valence-electron chi connectivity index (χ4n) is 4.67. The second-order valence-electron chi connectivity index (χ2n) is 8.69. The van der Waals surface area contributed by atoms with Crippen molar-refractivity contribution >= 4 is 23.7 Å². The van der Waals surface area contributed by atoms with Crippen LogP contribution in [0.1, 0.15) is 55.1 Å². The van der Waals surface area contributed by atoms with E-state index in [0.29, 0.717) is 62.4 Å². The fraction of sp³-hybridized carbons (Fsp3) is 0.542. The van der Waals surface area contributed by atoms with Gasteiger partial charge in [0.2, 0.25) is 0 Å². The van der Waals surface area contributed by atoms with Crippen LogP contribution in [0.4, 0.5) is 9.18 Å². The number of aryl methyl sites for hydroxylation is 1. The molecule has 2 aromatic rings. The highest BCUT2D eigenvalue weighted by Crippen LogP contribution is 2.29. The summed E-state index contributed by atoms with van der Waals surface area (Å²) in [7, 11) is 0. The van der Waals surface area contributed by atoms with Crippen molar-refractivity contribution in [3.8, 4) is 0 Å². The summed E-state index contributed by atoms with van der Waals surface area (Å²) in [5.74, 6) is -0.649. The van der Waals surface area contributed by atoms with Crippen LogP contribution in [-0.4, -0.2) is 46.0 Å². The molecular formula is C24H29ClFN3O4.